The fourth-order valence-corrected chi connectivity index (χ4v) is 2.39. The van der Waals surface area contributed by atoms with Crippen LogP contribution in [-0.2, 0) is 19.2 Å². The SMILES string of the molecule is NCCCC[C@H](N)C(=O)[C@@]1(C(=O)O)CCC(=O)N1C=O. The van der Waals surface area contributed by atoms with Gasteiger partial charge in [-0.15, -0.1) is 0 Å². The zero-order valence-corrected chi connectivity index (χ0v) is 11.1. The number of hydrogen-bond donors (Lipinski definition) is 3. The summed E-state index contributed by atoms with van der Waals surface area (Å²) in [6, 6.07) is -1.04. The number of unbranched alkanes of at least 4 members (excludes halogenated alkanes) is 1. The van der Waals surface area contributed by atoms with E-state index < -0.39 is 29.2 Å². The van der Waals surface area contributed by atoms with Gasteiger partial charge < -0.3 is 16.6 Å². The highest BCUT2D eigenvalue weighted by Crippen LogP contribution is 2.31. The number of nitrogens with two attached hydrogens (primary N) is 2. The molecule has 0 radical (unpaired) electrons. The number of carbonyl (C=O) groups excluding carboxylic acids is 3. The second-order valence-electron chi connectivity index (χ2n) is 4.79. The van der Waals surface area contributed by atoms with Crippen molar-refractivity contribution in [1.29, 1.82) is 0 Å². The number of carbonyl (C=O) groups is 4. The fraction of sp³-hybridized carbons (Fsp3) is 0.667. The topological polar surface area (TPSA) is 144 Å². The smallest absolute Gasteiger partial charge is 0.338 e. The molecule has 0 spiro atoms. The van der Waals surface area contributed by atoms with E-state index in [-0.39, 0.29) is 25.7 Å². The number of ketones is 1. The number of likely N-dealkylation sites (tertiary alicyclic amines) is 1. The molecule has 1 fully saturated rings. The summed E-state index contributed by atoms with van der Waals surface area (Å²) in [5.74, 6) is -3.00. The minimum absolute atomic E-state index is 0.0912. The van der Waals surface area contributed by atoms with E-state index in [0.717, 1.165) is 0 Å². The number of amides is 2. The predicted octanol–water partition coefficient (Wildman–Crippen LogP) is -1.39. The normalized spacial score (nSPS) is 23.7. The van der Waals surface area contributed by atoms with Crippen LogP contribution in [0.3, 0.4) is 0 Å². The average molecular weight is 285 g/mol. The van der Waals surface area contributed by atoms with Gasteiger partial charge in [0.15, 0.2) is 5.78 Å². The molecule has 0 aromatic carbocycles. The van der Waals surface area contributed by atoms with Gasteiger partial charge in [-0.05, 0) is 25.8 Å². The average Bonchev–Trinajstić information content (AvgIpc) is 2.75. The molecular weight excluding hydrogens is 266 g/mol. The van der Waals surface area contributed by atoms with E-state index in [0.29, 0.717) is 24.3 Å². The number of aliphatic carboxylic acids is 1. The van der Waals surface area contributed by atoms with Crippen molar-refractivity contribution >= 4 is 24.1 Å². The molecule has 2 atom stereocenters. The lowest BCUT2D eigenvalue weighted by molar-refractivity contribution is -0.163. The molecule has 1 aliphatic heterocycles. The van der Waals surface area contributed by atoms with Crippen molar-refractivity contribution < 1.29 is 24.3 Å². The molecule has 0 saturated carbocycles. The van der Waals surface area contributed by atoms with Crippen LogP contribution in [0, 0.1) is 0 Å². The molecule has 0 bridgehead atoms. The van der Waals surface area contributed by atoms with Crippen molar-refractivity contribution in [2.45, 2.75) is 43.7 Å². The highest BCUT2D eigenvalue weighted by molar-refractivity contribution is 6.16. The molecule has 5 N–H and O–H groups in total. The van der Waals surface area contributed by atoms with Gasteiger partial charge in [-0.2, -0.15) is 0 Å². The van der Waals surface area contributed by atoms with Gasteiger partial charge in [0.05, 0.1) is 6.04 Å². The molecule has 1 heterocycles. The summed E-state index contributed by atoms with van der Waals surface area (Å²) in [5.41, 5.74) is 8.89. The Balaban J connectivity index is 2.96. The third-order valence-corrected chi connectivity index (χ3v) is 3.55. The molecule has 0 aliphatic carbocycles. The number of nitrogens with zero attached hydrogens (tertiary/aromatic N) is 1. The standard InChI is InChI=1S/C12H19N3O5/c13-6-2-1-3-8(14)10(18)12(11(19)20)5-4-9(17)15(12)7-16/h7-8H,1-6,13-14H2,(H,19,20)/t8-,12+/m0/s1. The molecule has 8 nitrogen and oxygen atoms in total. The number of rotatable bonds is 8. The van der Waals surface area contributed by atoms with Crippen LogP contribution in [0.4, 0.5) is 0 Å². The van der Waals surface area contributed by atoms with Gasteiger partial charge in [0.25, 0.3) is 0 Å². The molecule has 1 aliphatic rings. The zero-order chi connectivity index (χ0) is 15.3. The van der Waals surface area contributed by atoms with Gasteiger partial charge in [-0.1, -0.05) is 6.42 Å². The van der Waals surface area contributed by atoms with E-state index in [4.69, 9.17) is 11.5 Å². The maximum atomic E-state index is 12.3. The largest absolute Gasteiger partial charge is 0.479 e. The molecule has 2 amide bonds. The lowest BCUT2D eigenvalue weighted by Crippen LogP contribution is -2.61. The van der Waals surface area contributed by atoms with E-state index in [9.17, 15) is 24.3 Å². The highest BCUT2D eigenvalue weighted by Gasteiger charge is 2.58. The summed E-state index contributed by atoms with van der Waals surface area (Å²) in [7, 11) is 0. The summed E-state index contributed by atoms with van der Waals surface area (Å²) in [4.78, 5) is 46.7. The second-order valence-corrected chi connectivity index (χ2v) is 4.79. The van der Waals surface area contributed by atoms with Gasteiger partial charge in [0.1, 0.15) is 0 Å². The minimum atomic E-state index is -2.15. The lowest BCUT2D eigenvalue weighted by atomic mass is 9.85. The van der Waals surface area contributed by atoms with Gasteiger partial charge in [-0.25, -0.2) is 4.79 Å². The summed E-state index contributed by atoms with van der Waals surface area (Å²) in [6.07, 6.45) is 1.21. The maximum Gasteiger partial charge on any atom is 0.338 e. The first-order chi connectivity index (χ1) is 9.41. The van der Waals surface area contributed by atoms with Gasteiger partial charge in [0.2, 0.25) is 17.9 Å². The van der Waals surface area contributed by atoms with E-state index in [1.165, 1.54) is 0 Å². The molecule has 0 aromatic heterocycles. The van der Waals surface area contributed by atoms with Crippen molar-refractivity contribution in [1.82, 2.24) is 4.90 Å². The van der Waals surface area contributed by atoms with Crippen LogP contribution in [0.5, 0.6) is 0 Å². The molecule has 0 unspecified atom stereocenters. The van der Waals surface area contributed by atoms with Gasteiger partial charge in [0, 0.05) is 6.42 Å². The van der Waals surface area contributed by atoms with E-state index in [1.807, 2.05) is 0 Å². The third kappa shape index (κ3) is 2.70. The number of imide groups is 1. The first-order valence-corrected chi connectivity index (χ1v) is 6.42. The van der Waals surface area contributed by atoms with Gasteiger partial charge >= 0.3 is 5.97 Å². The van der Waals surface area contributed by atoms with E-state index in [1.54, 1.807) is 0 Å². The Hall–Kier alpha value is -1.80. The van der Waals surface area contributed by atoms with Crippen LogP contribution in [0.1, 0.15) is 32.1 Å². The zero-order valence-electron chi connectivity index (χ0n) is 11.1. The Labute approximate surface area is 116 Å². The summed E-state index contributed by atoms with van der Waals surface area (Å²) >= 11 is 0. The molecule has 1 rings (SSSR count). The van der Waals surface area contributed by atoms with Crippen LogP contribution >= 0.6 is 0 Å². The van der Waals surface area contributed by atoms with E-state index in [2.05, 4.69) is 0 Å². The quantitative estimate of drug-likeness (QED) is 0.283. The number of Topliss-reactive ketones (excluding diaryl/α,β-unsaturated/α-hetero) is 1. The van der Waals surface area contributed by atoms with Crippen LogP contribution < -0.4 is 11.5 Å². The Bertz CT molecular complexity index is 425. The third-order valence-electron chi connectivity index (χ3n) is 3.55. The Kier molecular flexibility index (Phi) is 5.34. The van der Waals surface area contributed by atoms with Crippen molar-refractivity contribution in [2.24, 2.45) is 11.5 Å². The Morgan fingerprint density at radius 2 is 2.10 bits per heavy atom. The predicted molar refractivity (Wildman–Crippen MR) is 68.4 cm³/mol. The number of hydrogen-bond acceptors (Lipinski definition) is 6. The first kappa shape index (κ1) is 16.3. The number of carboxylic acids is 1. The molecule has 0 aromatic rings. The minimum Gasteiger partial charge on any atom is -0.479 e. The van der Waals surface area contributed by atoms with Crippen molar-refractivity contribution in [3.05, 3.63) is 0 Å². The monoisotopic (exact) mass is 285 g/mol. The van der Waals surface area contributed by atoms with Crippen LogP contribution in [-0.4, -0.2) is 52.2 Å². The van der Waals surface area contributed by atoms with Crippen molar-refractivity contribution in [2.75, 3.05) is 6.54 Å². The maximum absolute atomic E-state index is 12.3. The molecule has 1 saturated heterocycles. The number of carboxylic acid groups (broad SMARTS) is 1. The summed E-state index contributed by atoms with van der Waals surface area (Å²) in [5, 5.41) is 9.32. The molecule has 20 heavy (non-hydrogen) atoms. The van der Waals surface area contributed by atoms with Crippen LogP contribution in [0.15, 0.2) is 0 Å². The first-order valence-electron chi connectivity index (χ1n) is 6.42. The lowest BCUT2D eigenvalue weighted by Gasteiger charge is -2.31. The second kappa shape index (κ2) is 6.58. The Morgan fingerprint density at radius 1 is 1.45 bits per heavy atom. The molecule has 112 valence electrons. The van der Waals surface area contributed by atoms with Gasteiger partial charge in [-0.3, -0.25) is 19.3 Å². The Morgan fingerprint density at radius 3 is 2.60 bits per heavy atom. The van der Waals surface area contributed by atoms with Crippen molar-refractivity contribution in [3.8, 4) is 0 Å². The summed E-state index contributed by atoms with van der Waals surface area (Å²) in [6.45, 7) is 0.448. The van der Waals surface area contributed by atoms with Crippen molar-refractivity contribution in [3.63, 3.8) is 0 Å². The fourth-order valence-electron chi connectivity index (χ4n) is 2.39. The summed E-state index contributed by atoms with van der Waals surface area (Å²) < 4.78 is 0. The highest BCUT2D eigenvalue weighted by atomic mass is 16.4. The van der Waals surface area contributed by atoms with Crippen LogP contribution in [0.25, 0.3) is 0 Å². The molecular formula is C12H19N3O5. The van der Waals surface area contributed by atoms with E-state index >= 15 is 0 Å². The van der Waals surface area contributed by atoms with Crippen LogP contribution in [0.2, 0.25) is 0 Å². The molecule has 8 heteroatoms.